The molecule has 6 nitrogen and oxygen atoms in total. The largest absolute Gasteiger partial charge is 0.446 e. The van der Waals surface area contributed by atoms with Crippen molar-refractivity contribution in [2.45, 2.75) is 51.7 Å². The monoisotopic (exact) mass is 356 g/mol. The van der Waals surface area contributed by atoms with E-state index in [0.717, 1.165) is 31.0 Å². The first kappa shape index (κ1) is 16.7. The molecule has 112 valence electrons. The molecule has 0 aromatic rings. The Hall–Kier alpha value is -0.340. The molecule has 1 heterocycles. The number of nitrogens with one attached hydrogen (secondary N) is 1. The van der Waals surface area contributed by atoms with Crippen molar-refractivity contribution in [3.05, 3.63) is 0 Å². The van der Waals surface area contributed by atoms with Crippen LogP contribution in [-0.2, 0) is 14.9 Å². The van der Waals surface area contributed by atoms with E-state index >= 15 is 0 Å². The number of carbonyl (C=O) groups is 1. The molecular weight excluding hydrogens is 336 g/mol. The van der Waals surface area contributed by atoms with Gasteiger partial charge in [0.1, 0.15) is 0 Å². The van der Waals surface area contributed by atoms with E-state index in [1.807, 2.05) is 4.72 Å². The average molecular weight is 357 g/mol. The second-order valence-electron chi connectivity index (χ2n) is 4.80. The summed E-state index contributed by atoms with van der Waals surface area (Å²) in [6.07, 6.45) is 2.12. The molecule has 0 spiro atoms. The minimum atomic E-state index is -3.81. The number of alkyl halides is 1. The van der Waals surface area contributed by atoms with E-state index in [2.05, 4.69) is 15.9 Å². The third kappa shape index (κ3) is 5.27. The van der Waals surface area contributed by atoms with Gasteiger partial charge in [0.2, 0.25) is 0 Å². The maximum absolute atomic E-state index is 12.2. The summed E-state index contributed by atoms with van der Waals surface area (Å²) < 4.78 is 32.5. The predicted octanol–water partition coefficient (Wildman–Crippen LogP) is 2.01. The first-order chi connectivity index (χ1) is 8.86. The first-order valence-electron chi connectivity index (χ1n) is 6.43. The minimum absolute atomic E-state index is 0.0579. The zero-order valence-electron chi connectivity index (χ0n) is 11.3. The molecule has 8 heteroatoms. The highest BCUT2D eigenvalue weighted by atomic mass is 79.9. The maximum atomic E-state index is 12.2. The van der Waals surface area contributed by atoms with E-state index in [-0.39, 0.29) is 12.1 Å². The van der Waals surface area contributed by atoms with Crippen LogP contribution in [0.2, 0.25) is 0 Å². The summed E-state index contributed by atoms with van der Waals surface area (Å²) in [5.74, 6) is 0. The van der Waals surface area contributed by atoms with Crippen molar-refractivity contribution in [3.8, 4) is 0 Å². The van der Waals surface area contributed by atoms with Crippen molar-refractivity contribution in [1.82, 2.24) is 9.03 Å². The van der Waals surface area contributed by atoms with Crippen LogP contribution in [0.25, 0.3) is 0 Å². The topological polar surface area (TPSA) is 75.7 Å². The number of amides is 1. The molecule has 1 N–H and O–H groups in total. The van der Waals surface area contributed by atoms with Gasteiger partial charge in [0, 0.05) is 17.9 Å². The number of rotatable bonds is 5. The summed E-state index contributed by atoms with van der Waals surface area (Å²) in [5, 5.41) is 0.736. The molecule has 0 aliphatic carbocycles. The second-order valence-corrected chi connectivity index (χ2v) is 7.22. The quantitative estimate of drug-likeness (QED) is 0.764. The van der Waals surface area contributed by atoms with Crippen molar-refractivity contribution in [2.75, 3.05) is 11.9 Å². The van der Waals surface area contributed by atoms with Gasteiger partial charge < -0.3 is 4.74 Å². The number of halogens is 1. The van der Waals surface area contributed by atoms with Crippen LogP contribution < -0.4 is 4.72 Å². The number of piperidine rings is 1. The van der Waals surface area contributed by atoms with E-state index in [1.54, 1.807) is 13.8 Å². The fourth-order valence-electron chi connectivity index (χ4n) is 2.11. The molecule has 1 saturated heterocycles. The van der Waals surface area contributed by atoms with Crippen LogP contribution in [0.15, 0.2) is 0 Å². The second kappa shape index (κ2) is 7.44. The smallest absolute Gasteiger partial charge is 0.422 e. The first-order valence-corrected chi connectivity index (χ1v) is 8.99. The standard InChI is InChI=1S/C11H21BrN2O4S/c1-9(2)18-11(15)13-19(16,17)14-8-4-3-5-10(14)6-7-12/h9-10H,3-8H2,1-2H3,(H,13,15). The van der Waals surface area contributed by atoms with E-state index in [9.17, 15) is 13.2 Å². The van der Waals surface area contributed by atoms with Crippen LogP contribution in [0.4, 0.5) is 4.79 Å². The molecule has 0 aromatic carbocycles. The summed E-state index contributed by atoms with van der Waals surface area (Å²) in [6.45, 7) is 3.78. The van der Waals surface area contributed by atoms with Crippen molar-refractivity contribution in [3.63, 3.8) is 0 Å². The lowest BCUT2D eigenvalue weighted by Crippen LogP contribution is -2.50. The predicted molar refractivity (Wildman–Crippen MR) is 76.4 cm³/mol. The van der Waals surface area contributed by atoms with Gasteiger partial charge in [-0.2, -0.15) is 12.7 Å². The molecule has 0 bridgehead atoms. The molecule has 1 aliphatic heterocycles. The Morgan fingerprint density at radius 1 is 1.47 bits per heavy atom. The Labute approximate surface area is 123 Å². The fourth-order valence-corrected chi connectivity index (χ4v) is 3.98. The van der Waals surface area contributed by atoms with Gasteiger partial charge in [-0.3, -0.25) is 0 Å². The molecule has 19 heavy (non-hydrogen) atoms. The normalized spacial score (nSPS) is 21.4. The van der Waals surface area contributed by atoms with Gasteiger partial charge in [-0.05, 0) is 33.1 Å². The SMILES string of the molecule is CC(C)OC(=O)NS(=O)(=O)N1CCCCC1CCBr. The number of hydrogen-bond acceptors (Lipinski definition) is 4. The van der Waals surface area contributed by atoms with E-state index in [4.69, 9.17) is 4.74 Å². The lowest BCUT2D eigenvalue weighted by molar-refractivity contribution is 0.120. The molecule has 0 radical (unpaired) electrons. The molecule has 0 aromatic heterocycles. The highest BCUT2D eigenvalue weighted by Gasteiger charge is 2.33. The van der Waals surface area contributed by atoms with E-state index < -0.39 is 16.3 Å². The number of nitrogens with zero attached hydrogens (tertiary/aromatic N) is 1. The van der Waals surface area contributed by atoms with E-state index in [1.165, 1.54) is 4.31 Å². The third-order valence-corrected chi connectivity index (χ3v) is 4.86. The van der Waals surface area contributed by atoms with Crippen LogP contribution in [0, 0.1) is 0 Å². The summed E-state index contributed by atoms with van der Waals surface area (Å²) >= 11 is 3.33. The fraction of sp³-hybridized carbons (Fsp3) is 0.909. The molecule has 1 fully saturated rings. The molecule has 1 atom stereocenters. The highest BCUT2D eigenvalue weighted by Crippen LogP contribution is 2.22. The van der Waals surface area contributed by atoms with Gasteiger partial charge >= 0.3 is 16.3 Å². The van der Waals surface area contributed by atoms with Crippen LogP contribution >= 0.6 is 15.9 Å². The van der Waals surface area contributed by atoms with Crippen LogP contribution in [0.3, 0.4) is 0 Å². The average Bonchev–Trinajstić information content (AvgIpc) is 2.27. The molecular formula is C11H21BrN2O4S. The molecule has 1 rings (SSSR count). The Morgan fingerprint density at radius 2 is 2.16 bits per heavy atom. The van der Waals surface area contributed by atoms with Gasteiger partial charge in [-0.1, -0.05) is 22.4 Å². The highest BCUT2D eigenvalue weighted by molar-refractivity contribution is 9.09. The summed E-state index contributed by atoms with van der Waals surface area (Å²) in [7, 11) is -3.81. The van der Waals surface area contributed by atoms with E-state index in [0.29, 0.717) is 6.54 Å². The molecule has 1 amide bonds. The lowest BCUT2D eigenvalue weighted by Gasteiger charge is -2.34. The van der Waals surface area contributed by atoms with Gasteiger partial charge in [0.25, 0.3) is 0 Å². The third-order valence-electron chi connectivity index (χ3n) is 2.88. The Bertz CT molecular complexity index is 397. The zero-order valence-corrected chi connectivity index (χ0v) is 13.7. The maximum Gasteiger partial charge on any atom is 0.422 e. The van der Waals surface area contributed by atoms with Gasteiger partial charge in [0.15, 0.2) is 0 Å². The van der Waals surface area contributed by atoms with Crippen LogP contribution in [-0.4, -0.2) is 42.8 Å². The summed E-state index contributed by atoms with van der Waals surface area (Å²) in [5.41, 5.74) is 0. The number of carbonyl (C=O) groups excluding carboxylic acids is 1. The van der Waals surface area contributed by atoms with Crippen LogP contribution in [0.1, 0.15) is 39.5 Å². The molecule has 0 saturated carbocycles. The Balaban J connectivity index is 2.70. The molecule has 1 unspecified atom stereocenters. The van der Waals surface area contributed by atoms with Gasteiger partial charge in [-0.25, -0.2) is 9.52 Å². The summed E-state index contributed by atoms with van der Waals surface area (Å²) in [6, 6.07) is -0.0579. The summed E-state index contributed by atoms with van der Waals surface area (Å²) in [4.78, 5) is 11.4. The van der Waals surface area contributed by atoms with Crippen LogP contribution in [0.5, 0.6) is 0 Å². The zero-order chi connectivity index (χ0) is 14.5. The Kier molecular flexibility index (Phi) is 6.55. The van der Waals surface area contributed by atoms with Crippen molar-refractivity contribution in [2.24, 2.45) is 0 Å². The van der Waals surface area contributed by atoms with Crippen molar-refractivity contribution < 1.29 is 17.9 Å². The lowest BCUT2D eigenvalue weighted by atomic mass is 10.0. The molecule has 1 aliphatic rings. The van der Waals surface area contributed by atoms with Gasteiger partial charge in [-0.15, -0.1) is 0 Å². The number of hydrogen-bond donors (Lipinski definition) is 1. The Morgan fingerprint density at radius 3 is 2.74 bits per heavy atom. The number of ether oxygens (including phenoxy) is 1. The van der Waals surface area contributed by atoms with Crippen molar-refractivity contribution >= 4 is 32.2 Å². The minimum Gasteiger partial charge on any atom is -0.446 e. The van der Waals surface area contributed by atoms with Gasteiger partial charge in [0.05, 0.1) is 6.10 Å². The van der Waals surface area contributed by atoms with Crippen molar-refractivity contribution in [1.29, 1.82) is 0 Å².